The van der Waals surface area contributed by atoms with E-state index < -0.39 is 0 Å². The molecule has 23 heavy (non-hydrogen) atoms. The van der Waals surface area contributed by atoms with Crippen molar-refractivity contribution >= 4 is 17.3 Å². The van der Waals surface area contributed by atoms with Crippen LogP contribution < -0.4 is 10.6 Å². The summed E-state index contributed by atoms with van der Waals surface area (Å²) in [5.74, 6) is 1.48. The Morgan fingerprint density at radius 2 is 2.17 bits per heavy atom. The molecule has 1 unspecified atom stereocenters. The minimum absolute atomic E-state index is 0.599. The lowest BCUT2D eigenvalue weighted by atomic mass is 9.78. The molecule has 0 spiro atoms. The second-order valence-electron chi connectivity index (χ2n) is 5.75. The van der Waals surface area contributed by atoms with Crippen LogP contribution in [0.25, 0.3) is 0 Å². The van der Waals surface area contributed by atoms with E-state index >= 15 is 0 Å². The van der Waals surface area contributed by atoms with Gasteiger partial charge in [-0.1, -0.05) is 31.2 Å². The molecule has 1 aromatic heterocycles. The standard InChI is InChI=1S/C18H24N4S/c1-3-15-11-20-17(23-15)12-22-18(19-4-2)21-10-14-9-13-7-5-6-8-16(13)14/h5-8,11,14H,3-4,9-10,12H2,1-2H3,(H2,19,21,22). The van der Waals surface area contributed by atoms with E-state index in [0.717, 1.165) is 36.9 Å². The van der Waals surface area contributed by atoms with E-state index in [4.69, 9.17) is 0 Å². The van der Waals surface area contributed by atoms with Gasteiger partial charge in [-0.05, 0) is 30.9 Å². The maximum absolute atomic E-state index is 4.66. The van der Waals surface area contributed by atoms with Gasteiger partial charge in [-0.2, -0.15) is 0 Å². The zero-order valence-corrected chi connectivity index (χ0v) is 14.6. The first-order chi connectivity index (χ1) is 11.3. The molecule has 0 saturated heterocycles. The van der Waals surface area contributed by atoms with Crippen molar-refractivity contribution in [3.8, 4) is 0 Å². The number of aromatic nitrogens is 1. The summed E-state index contributed by atoms with van der Waals surface area (Å²) in [4.78, 5) is 10.4. The van der Waals surface area contributed by atoms with Crippen molar-refractivity contribution in [1.82, 2.24) is 15.6 Å². The number of nitrogens with zero attached hydrogens (tertiary/aromatic N) is 2. The van der Waals surface area contributed by atoms with Gasteiger partial charge in [0.25, 0.3) is 0 Å². The summed E-state index contributed by atoms with van der Waals surface area (Å²) in [6.07, 6.45) is 4.16. The molecule has 0 saturated carbocycles. The maximum Gasteiger partial charge on any atom is 0.191 e. The fourth-order valence-corrected chi connectivity index (χ4v) is 3.62. The third-order valence-electron chi connectivity index (χ3n) is 4.14. The van der Waals surface area contributed by atoms with Gasteiger partial charge in [-0.15, -0.1) is 11.3 Å². The van der Waals surface area contributed by atoms with Crippen LogP contribution in [0.3, 0.4) is 0 Å². The number of hydrogen-bond donors (Lipinski definition) is 2. The lowest BCUT2D eigenvalue weighted by Crippen LogP contribution is -2.41. The molecule has 1 aliphatic carbocycles. The van der Waals surface area contributed by atoms with Crippen molar-refractivity contribution in [2.24, 2.45) is 4.99 Å². The van der Waals surface area contributed by atoms with Gasteiger partial charge >= 0.3 is 0 Å². The second kappa shape index (κ2) is 7.59. The first kappa shape index (κ1) is 16.0. The van der Waals surface area contributed by atoms with E-state index in [0.29, 0.717) is 12.5 Å². The number of thiazole rings is 1. The Kier molecular flexibility index (Phi) is 5.28. The number of rotatable bonds is 6. The van der Waals surface area contributed by atoms with Crippen molar-refractivity contribution in [2.75, 3.05) is 13.1 Å². The van der Waals surface area contributed by atoms with Crippen molar-refractivity contribution in [2.45, 2.75) is 39.2 Å². The molecule has 3 rings (SSSR count). The van der Waals surface area contributed by atoms with Crippen LogP contribution in [0.4, 0.5) is 0 Å². The van der Waals surface area contributed by atoms with Crippen molar-refractivity contribution in [1.29, 1.82) is 0 Å². The zero-order valence-electron chi connectivity index (χ0n) is 13.8. The molecule has 2 aromatic rings. The molecule has 5 heteroatoms. The summed E-state index contributed by atoms with van der Waals surface area (Å²) >= 11 is 1.75. The molecule has 122 valence electrons. The molecule has 1 aromatic carbocycles. The number of guanidine groups is 1. The van der Waals surface area contributed by atoms with Crippen LogP contribution in [-0.4, -0.2) is 24.0 Å². The average molecular weight is 328 g/mol. The van der Waals surface area contributed by atoms with E-state index in [9.17, 15) is 0 Å². The fourth-order valence-electron chi connectivity index (χ4n) is 2.84. The Balaban J connectivity index is 1.55. The molecule has 0 aliphatic heterocycles. The minimum atomic E-state index is 0.599. The van der Waals surface area contributed by atoms with Crippen LogP contribution in [0.5, 0.6) is 0 Å². The Bertz CT molecular complexity index is 677. The summed E-state index contributed by atoms with van der Waals surface area (Å²) in [7, 11) is 0. The molecule has 1 atom stereocenters. The number of nitrogens with one attached hydrogen (secondary N) is 2. The predicted octanol–water partition coefficient (Wildman–Crippen LogP) is 3.10. The molecule has 1 aliphatic rings. The van der Waals surface area contributed by atoms with E-state index in [1.54, 1.807) is 11.3 Å². The van der Waals surface area contributed by atoms with Crippen molar-refractivity contribution < 1.29 is 0 Å². The van der Waals surface area contributed by atoms with Gasteiger partial charge in [0.2, 0.25) is 0 Å². The largest absolute Gasteiger partial charge is 0.357 e. The van der Waals surface area contributed by atoms with E-state index in [-0.39, 0.29) is 0 Å². The van der Waals surface area contributed by atoms with Crippen molar-refractivity contribution in [3.63, 3.8) is 0 Å². The maximum atomic E-state index is 4.66. The van der Waals surface area contributed by atoms with Crippen LogP contribution in [-0.2, 0) is 19.4 Å². The van der Waals surface area contributed by atoms with E-state index in [1.165, 1.54) is 16.0 Å². The Labute approximate surface area is 142 Å². The molecule has 4 nitrogen and oxygen atoms in total. The summed E-state index contributed by atoms with van der Waals surface area (Å²) in [6, 6.07) is 8.70. The summed E-state index contributed by atoms with van der Waals surface area (Å²) in [6.45, 7) is 6.68. The lowest BCUT2D eigenvalue weighted by Gasteiger charge is -2.30. The first-order valence-electron chi connectivity index (χ1n) is 8.33. The highest BCUT2D eigenvalue weighted by atomic mass is 32.1. The topological polar surface area (TPSA) is 49.3 Å². The fraction of sp³-hybridized carbons (Fsp3) is 0.444. The summed E-state index contributed by atoms with van der Waals surface area (Å²) < 4.78 is 0. The third kappa shape index (κ3) is 3.91. The number of fused-ring (bicyclic) bond motifs is 1. The molecule has 2 N–H and O–H groups in total. The van der Waals surface area contributed by atoms with E-state index in [1.807, 2.05) is 6.20 Å². The van der Waals surface area contributed by atoms with Crippen LogP contribution in [0.15, 0.2) is 35.5 Å². The Morgan fingerprint density at radius 1 is 1.30 bits per heavy atom. The molecule has 0 amide bonds. The van der Waals surface area contributed by atoms with Gasteiger partial charge in [0.05, 0.1) is 6.54 Å². The number of hydrogen-bond acceptors (Lipinski definition) is 3. The SMILES string of the molecule is CCNC(=NCc1ncc(CC)s1)NCC1Cc2ccccc21. The second-order valence-corrected chi connectivity index (χ2v) is 6.95. The highest BCUT2D eigenvalue weighted by molar-refractivity contribution is 7.11. The summed E-state index contributed by atoms with van der Waals surface area (Å²) in [5, 5.41) is 7.86. The minimum Gasteiger partial charge on any atom is -0.357 e. The molecular formula is C18H24N4S. The lowest BCUT2D eigenvalue weighted by molar-refractivity contribution is 0.584. The zero-order chi connectivity index (χ0) is 16.1. The summed E-state index contributed by atoms with van der Waals surface area (Å²) in [5.41, 5.74) is 2.96. The average Bonchev–Trinajstić information content (AvgIpc) is 3.01. The van der Waals surface area contributed by atoms with Crippen LogP contribution in [0, 0.1) is 0 Å². The Hall–Kier alpha value is -1.88. The van der Waals surface area contributed by atoms with Gasteiger partial charge in [0.1, 0.15) is 5.01 Å². The molecule has 1 heterocycles. The van der Waals surface area contributed by atoms with Crippen LogP contribution >= 0.6 is 11.3 Å². The van der Waals surface area contributed by atoms with Gasteiger partial charge in [-0.25, -0.2) is 9.98 Å². The number of aryl methyl sites for hydroxylation is 1. The monoisotopic (exact) mass is 328 g/mol. The normalized spacial score (nSPS) is 16.6. The van der Waals surface area contributed by atoms with Gasteiger partial charge in [0.15, 0.2) is 5.96 Å². The highest BCUT2D eigenvalue weighted by Gasteiger charge is 2.25. The highest BCUT2D eigenvalue weighted by Crippen LogP contribution is 2.33. The number of aliphatic imine (C=N–C) groups is 1. The molecule has 0 radical (unpaired) electrons. The Morgan fingerprint density at radius 3 is 2.91 bits per heavy atom. The van der Waals surface area contributed by atoms with Gasteiger partial charge < -0.3 is 10.6 Å². The third-order valence-corrected chi connectivity index (χ3v) is 5.27. The van der Waals surface area contributed by atoms with Crippen molar-refractivity contribution in [3.05, 3.63) is 51.5 Å². The quantitative estimate of drug-likeness (QED) is 0.633. The van der Waals surface area contributed by atoms with Gasteiger partial charge in [0, 0.05) is 30.1 Å². The predicted molar refractivity (Wildman–Crippen MR) is 97.2 cm³/mol. The van der Waals surface area contributed by atoms with Crippen LogP contribution in [0.1, 0.15) is 40.8 Å². The first-order valence-corrected chi connectivity index (χ1v) is 9.15. The number of benzene rings is 1. The van der Waals surface area contributed by atoms with Crippen LogP contribution in [0.2, 0.25) is 0 Å². The van der Waals surface area contributed by atoms with Gasteiger partial charge in [-0.3, -0.25) is 0 Å². The smallest absolute Gasteiger partial charge is 0.191 e. The van der Waals surface area contributed by atoms with E-state index in [2.05, 4.69) is 58.7 Å². The molecule has 0 bridgehead atoms. The molecule has 0 fully saturated rings. The molecular weight excluding hydrogens is 304 g/mol.